The van der Waals surface area contributed by atoms with Gasteiger partial charge in [0.1, 0.15) is 0 Å². The zero-order chi connectivity index (χ0) is 18.3. The van der Waals surface area contributed by atoms with Crippen LogP contribution in [0.4, 0.5) is 18.9 Å². The highest BCUT2D eigenvalue weighted by Gasteiger charge is 2.55. The van der Waals surface area contributed by atoms with Gasteiger partial charge in [0.25, 0.3) is 0 Å². The van der Waals surface area contributed by atoms with Gasteiger partial charge in [-0.3, -0.25) is 10.2 Å². The number of H-pyrrole nitrogens is 2. The number of nitrogens with one attached hydrogen (secondary N) is 3. The molecule has 2 fully saturated rings. The van der Waals surface area contributed by atoms with Gasteiger partial charge in [-0.1, -0.05) is 0 Å². The van der Waals surface area contributed by atoms with Crippen molar-refractivity contribution in [2.45, 2.75) is 37.4 Å². The van der Waals surface area contributed by atoms with E-state index in [2.05, 4.69) is 30.7 Å². The maximum absolute atomic E-state index is 13.5. The number of alkyl halides is 3. The molecule has 3 aromatic rings. The summed E-state index contributed by atoms with van der Waals surface area (Å²) in [7, 11) is 0. The molecule has 2 bridgehead atoms. The van der Waals surface area contributed by atoms with Gasteiger partial charge in [0.05, 0.1) is 24.1 Å². The Hall–Kier alpha value is -2.58. The highest BCUT2D eigenvalue weighted by molar-refractivity contribution is 5.85. The third-order valence-electron chi connectivity index (χ3n) is 6.81. The van der Waals surface area contributed by atoms with Crippen molar-refractivity contribution in [1.82, 2.24) is 25.4 Å². The van der Waals surface area contributed by atoms with E-state index in [4.69, 9.17) is 0 Å². The van der Waals surface area contributed by atoms with Crippen LogP contribution in [-0.4, -0.2) is 25.4 Å². The van der Waals surface area contributed by atoms with Gasteiger partial charge in [-0.05, 0) is 48.5 Å². The molecule has 3 N–H and O–H groups in total. The highest BCUT2D eigenvalue weighted by Crippen LogP contribution is 2.64. The first-order chi connectivity index (χ1) is 13.0. The van der Waals surface area contributed by atoms with Crippen molar-refractivity contribution < 1.29 is 13.2 Å². The van der Waals surface area contributed by atoms with Crippen LogP contribution in [0.5, 0.6) is 0 Å². The van der Waals surface area contributed by atoms with Crippen LogP contribution in [0.25, 0.3) is 11.0 Å². The van der Waals surface area contributed by atoms with Gasteiger partial charge in [-0.15, -0.1) is 0 Å². The maximum atomic E-state index is 13.5. The first-order valence-electron chi connectivity index (χ1n) is 9.21. The topological polar surface area (TPSA) is 82.3 Å². The zero-order valence-electron chi connectivity index (χ0n) is 14.2. The Morgan fingerprint density at radius 1 is 1.11 bits per heavy atom. The molecule has 140 valence electrons. The Balaban J connectivity index is 1.55. The molecule has 0 amide bonds. The highest BCUT2D eigenvalue weighted by atomic mass is 19.4. The fraction of sp³-hybridized carbons (Fsp3) is 0.500. The molecule has 9 heteroatoms. The molecular weight excluding hydrogens is 357 g/mol. The lowest BCUT2D eigenvalue weighted by Crippen LogP contribution is -2.36. The summed E-state index contributed by atoms with van der Waals surface area (Å²) in [5, 5.41) is 17.3. The molecule has 0 aromatic carbocycles. The van der Waals surface area contributed by atoms with Crippen molar-refractivity contribution in [1.29, 1.82) is 0 Å². The van der Waals surface area contributed by atoms with E-state index in [1.807, 2.05) is 0 Å². The molecule has 0 saturated heterocycles. The summed E-state index contributed by atoms with van der Waals surface area (Å²) in [6, 6.07) is -0.417. The predicted molar refractivity (Wildman–Crippen MR) is 90.9 cm³/mol. The van der Waals surface area contributed by atoms with E-state index in [1.165, 1.54) is 11.8 Å². The van der Waals surface area contributed by atoms with Gasteiger partial charge >= 0.3 is 6.18 Å². The first kappa shape index (κ1) is 15.5. The Kier molecular flexibility index (Phi) is 2.88. The number of rotatable bonds is 1. The second kappa shape index (κ2) is 5.02. The van der Waals surface area contributed by atoms with Crippen LogP contribution in [0.2, 0.25) is 0 Å². The van der Waals surface area contributed by atoms with Crippen molar-refractivity contribution in [3.63, 3.8) is 0 Å². The summed E-state index contributed by atoms with van der Waals surface area (Å²) < 4.78 is 40.5. The van der Waals surface area contributed by atoms with Crippen LogP contribution >= 0.6 is 0 Å². The number of aromatic nitrogens is 5. The number of hydrogen-bond donors (Lipinski definition) is 3. The lowest BCUT2D eigenvalue weighted by Gasteiger charge is -2.43. The van der Waals surface area contributed by atoms with Crippen LogP contribution in [0.3, 0.4) is 0 Å². The number of hydrogen-bond acceptors (Lipinski definition) is 4. The van der Waals surface area contributed by atoms with Crippen molar-refractivity contribution in [2.24, 2.45) is 17.8 Å². The third kappa shape index (κ3) is 1.99. The van der Waals surface area contributed by atoms with Gasteiger partial charge in [-0.25, -0.2) is 4.98 Å². The van der Waals surface area contributed by atoms with Crippen molar-refractivity contribution >= 4 is 16.7 Å². The average Bonchev–Trinajstić information content (AvgIpc) is 3.43. The molecular formula is C18H17F3N6. The van der Waals surface area contributed by atoms with Crippen molar-refractivity contribution in [2.75, 3.05) is 5.32 Å². The van der Waals surface area contributed by atoms with Crippen LogP contribution in [-0.2, 0) is 6.18 Å². The third-order valence-corrected chi connectivity index (χ3v) is 6.81. The zero-order valence-corrected chi connectivity index (χ0v) is 14.2. The minimum atomic E-state index is -4.48. The summed E-state index contributed by atoms with van der Waals surface area (Å²) in [4.78, 5) is 4.39. The maximum Gasteiger partial charge on any atom is 0.435 e. The molecule has 5 atom stereocenters. The molecule has 0 unspecified atom stereocenters. The number of pyridine rings is 1. The van der Waals surface area contributed by atoms with Gasteiger partial charge in [0, 0.05) is 17.1 Å². The molecule has 2 saturated carbocycles. The summed E-state index contributed by atoms with van der Waals surface area (Å²) in [6.07, 6.45) is 3.72. The fourth-order valence-electron chi connectivity index (χ4n) is 5.95. The second-order valence-electron chi connectivity index (χ2n) is 7.96. The Morgan fingerprint density at radius 3 is 2.81 bits per heavy atom. The van der Waals surface area contributed by atoms with E-state index < -0.39 is 17.9 Å². The summed E-state index contributed by atoms with van der Waals surface area (Å²) in [5.41, 5.74) is 2.11. The van der Waals surface area contributed by atoms with E-state index >= 15 is 0 Å². The van der Waals surface area contributed by atoms with Gasteiger partial charge in [0.2, 0.25) is 0 Å². The van der Waals surface area contributed by atoms with Crippen molar-refractivity contribution in [3.8, 4) is 0 Å². The monoisotopic (exact) mass is 374 g/mol. The van der Waals surface area contributed by atoms with Crippen LogP contribution in [0.15, 0.2) is 18.6 Å². The molecule has 27 heavy (non-hydrogen) atoms. The molecule has 1 aliphatic heterocycles. The predicted octanol–water partition coefficient (Wildman–Crippen LogP) is 4.00. The Labute approximate surface area is 151 Å². The van der Waals surface area contributed by atoms with Gasteiger partial charge in [-0.2, -0.15) is 23.4 Å². The molecule has 4 heterocycles. The van der Waals surface area contributed by atoms with E-state index in [9.17, 15) is 13.2 Å². The minimum Gasteiger partial charge on any atom is -0.376 e. The first-order valence-corrected chi connectivity index (χ1v) is 9.21. The van der Waals surface area contributed by atoms with Gasteiger partial charge < -0.3 is 5.32 Å². The average molecular weight is 374 g/mol. The normalized spacial score (nSPS) is 31.7. The number of halogens is 3. The summed E-state index contributed by atoms with van der Waals surface area (Å²) in [6.45, 7) is 0. The van der Waals surface area contributed by atoms with Gasteiger partial charge in [0.15, 0.2) is 11.3 Å². The number of nitrogens with zero attached hydrogens (tertiary/aromatic N) is 3. The largest absolute Gasteiger partial charge is 0.435 e. The standard InChI is InChI=1S/C18H17F3N6/c19-18(20,21)16-10(5-23-26-16)15-13-8-2-1-7(3-8)12(13)14-9-4-24-27-17(9)22-6-11(14)25-15/h4-8,12-13,15,25H,1-3H2,(H,23,26)(H,22,24,27)/t7-,8+,12+,13-,15+/m1/s1. The van der Waals surface area contributed by atoms with Crippen LogP contribution in [0, 0.1) is 17.8 Å². The lowest BCUT2D eigenvalue weighted by atomic mass is 9.67. The van der Waals surface area contributed by atoms with E-state index in [0.717, 1.165) is 36.0 Å². The smallest absolute Gasteiger partial charge is 0.376 e. The SMILES string of the molecule is FC(F)(F)c1n[nH]cc1[C@@H]1Nc2cnc3[nH]ncc3c2[C@H]2[C@@H]3CC[C@@H](C3)[C@H]21. The fourth-order valence-corrected chi connectivity index (χ4v) is 5.95. The summed E-state index contributed by atoms with van der Waals surface area (Å²) >= 11 is 0. The minimum absolute atomic E-state index is 0.121. The quantitative estimate of drug-likeness (QED) is 0.601. The molecule has 0 spiro atoms. The Morgan fingerprint density at radius 2 is 1.96 bits per heavy atom. The molecule has 2 aliphatic carbocycles. The molecule has 6 rings (SSSR count). The molecule has 3 aliphatic rings. The van der Waals surface area contributed by atoms with Crippen LogP contribution in [0.1, 0.15) is 48.0 Å². The second-order valence-corrected chi connectivity index (χ2v) is 7.96. The van der Waals surface area contributed by atoms with Crippen molar-refractivity contribution in [3.05, 3.63) is 35.4 Å². The molecule has 6 nitrogen and oxygen atoms in total. The summed E-state index contributed by atoms with van der Waals surface area (Å²) in [5.74, 6) is 1.28. The molecule has 0 radical (unpaired) electrons. The van der Waals surface area contributed by atoms with Crippen LogP contribution < -0.4 is 5.32 Å². The van der Waals surface area contributed by atoms with E-state index in [-0.39, 0.29) is 17.4 Å². The number of fused-ring (bicyclic) bond motifs is 9. The van der Waals surface area contributed by atoms with E-state index in [1.54, 1.807) is 12.4 Å². The number of anilines is 1. The Bertz CT molecular complexity index is 1040. The lowest BCUT2D eigenvalue weighted by molar-refractivity contribution is -0.142. The van der Waals surface area contributed by atoms with E-state index in [0.29, 0.717) is 11.8 Å². The molecule has 3 aromatic heterocycles. The number of aromatic amines is 2.